The maximum absolute atomic E-state index is 12.0. The summed E-state index contributed by atoms with van der Waals surface area (Å²) in [5.41, 5.74) is 3.13. The van der Waals surface area contributed by atoms with Crippen LogP contribution in [0, 0.1) is 26.2 Å². The van der Waals surface area contributed by atoms with Crippen molar-refractivity contribution in [3.05, 3.63) is 39.8 Å². The third-order valence-electron chi connectivity index (χ3n) is 2.71. The molecular weight excluding hydrogens is 244 g/mol. The Hall–Kier alpha value is -1.99. The van der Waals surface area contributed by atoms with Crippen LogP contribution in [0.3, 0.4) is 0 Å². The summed E-state index contributed by atoms with van der Waals surface area (Å²) in [7, 11) is 0. The third kappa shape index (κ3) is 2.18. The van der Waals surface area contributed by atoms with Crippen molar-refractivity contribution in [2.45, 2.75) is 13.8 Å². The zero-order chi connectivity index (χ0) is 13.1. The molecule has 2 rings (SSSR count). The molecule has 1 N–H and O–H groups in total. The molecule has 0 spiro atoms. The normalized spacial score (nSPS) is 10.1. The van der Waals surface area contributed by atoms with Crippen LogP contribution in [0.15, 0.2) is 23.6 Å². The Bertz CT molecular complexity index is 597. The van der Waals surface area contributed by atoms with E-state index in [2.05, 4.69) is 15.8 Å². The fraction of sp³-hybridized carbons (Fsp3) is 0.214. The van der Waals surface area contributed by atoms with Crippen LogP contribution >= 0.6 is 11.3 Å². The van der Waals surface area contributed by atoms with Gasteiger partial charge in [-0.3, -0.25) is 4.79 Å². The minimum atomic E-state index is -0.120. The highest BCUT2D eigenvalue weighted by Crippen LogP contribution is 2.24. The summed E-state index contributed by atoms with van der Waals surface area (Å²) >= 11 is 1.42. The number of hydrogen-bond acceptors (Lipinski definition) is 2. The van der Waals surface area contributed by atoms with Crippen LogP contribution in [-0.4, -0.2) is 17.0 Å². The van der Waals surface area contributed by atoms with Crippen molar-refractivity contribution in [3.63, 3.8) is 0 Å². The first-order valence-electron chi connectivity index (χ1n) is 5.59. The Balaban J connectivity index is 2.40. The molecular formula is C14H14N2OS. The number of terminal acetylenes is 1. The van der Waals surface area contributed by atoms with Crippen LogP contribution < -0.4 is 5.32 Å². The maximum atomic E-state index is 12.0. The molecule has 0 aromatic carbocycles. The van der Waals surface area contributed by atoms with Crippen molar-refractivity contribution in [2.24, 2.45) is 0 Å². The first-order valence-corrected chi connectivity index (χ1v) is 6.47. The lowest BCUT2D eigenvalue weighted by atomic mass is 10.3. The van der Waals surface area contributed by atoms with Gasteiger partial charge >= 0.3 is 0 Å². The second kappa shape index (κ2) is 5.11. The predicted octanol–water partition coefficient (Wildman–Crippen LogP) is 2.52. The lowest BCUT2D eigenvalue weighted by Crippen LogP contribution is -2.23. The Morgan fingerprint density at radius 2 is 2.06 bits per heavy atom. The van der Waals surface area contributed by atoms with Gasteiger partial charge in [0.15, 0.2) is 0 Å². The van der Waals surface area contributed by atoms with Gasteiger partial charge in [-0.05, 0) is 37.4 Å². The zero-order valence-electron chi connectivity index (χ0n) is 10.4. The minimum absolute atomic E-state index is 0.120. The van der Waals surface area contributed by atoms with E-state index in [9.17, 15) is 4.79 Å². The molecule has 2 aromatic heterocycles. The molecule has 0 fully saturated rings. The smallest absolute Gasteiger partial charge is 0.264 e. The number of hydrogen-bond donors (Lipinski definition) is 1. The van der Waals surface area contributed by atoms with Crippen LogP contribution in [-0.2, 0) is 0 Å². The van der Waals surface area contributed by atoms with Crippen LogP contribution in [0.4, 0.5) is 0 Å². The molecule has 4 heteroatoms. The molecule has 3 nitrogen and oxygen atoms in total. The van der Waals surface area contributed by atoms with Crippen LogP contribution in [0.1, 0.15) is 21.1 Å². The summed E-state index contributed by atoms with van der Waals surface area (Å²) in [4.78, 5) is 12.7. The van der Waals surface area contributed by atoms with Gasteiger partial charge in [0.25, 0.3) is 5.91 Å². The molecule has 0 atom stereocenters. The van der Waals surface area contributed by atoms with Crippen molar-refractivity contribution >= 4 is 17.2 Å². The Labute approximate surface area is 110 Å². The fourth-order valence-electron chi connectivity index (χ4n) is 1.91. The molecule has 0 aliphatic carbocycles. The number of rotatable bonds is 3. The quantitative estimate of drug-likeness (QED) is 0.843. The van der Waals surface area contributed by atoms with Gasteiger partial charge in [0.05, 0.1) is 12.2 Å². The summed E-state index contributed by atoms with van der Waals surface area (Å²) in [6, 6.07) is 6.03. The Morgan fingerprint density at radius 3 is 2.67 bits per heavy atom. The SMILES string of the molecule is C#CCNC(=O)c1sccc1-n1c(C)ccc1C. The number of carbonyl (C=O) groups is 1. The topological polar surface area (TPSA) is 34.0 Å². The van der Waals surface area contributed by atoms with Crippen LogP contribution in [0.5, 0.6) is 0 Å². The molecule has 0 bridgehead atoms. The molecule has 0 aliphatic rings. The van der Waals surface area contributed by atoms with E-state index in [0.29, 0.717) is 4.88 Å². The standard InChI is InChI=1S/C14H14N2OS/c1-4-8-15-14(17)13-12(7-9-18-13)16-10(2)5-6-11(16)3/h1,5-7,9H,8H2,2-3H3,(H,15,17). The minimum Gasteiger partial charge on any atom is -0.340 e. The number of carbonyl (C=O) groups excluding carboxylic acids is 1. The van der Waals surface area contributed by atoms with Crippen molar-refractivity contribution in [1.82, 2.24) is 9.88 Å². The number of aryl methyl sites for hydroxylation is 2. The number of amides is 1. The van der Waals surface area contributed by atoms with E-state index in [4.69, 9.17) is 6.42 Å². The van der Waals surface area contributed by atoms with Crippen molar-refractivity contribution in [1.29, 1.82) is 0 Å². The maximum Gasteiger partial charge on any atom is 0.264 e. The molecule has 0 saturated carbocycles. The van der Waals surface area contributed by atoms with Gasteiger partial charge in [0.2, 0.25) is 0 Å². The third-order valence-corrected chi connectivity index (χ3v) is 3.62. The van der Waals surface area contributed by atoms with E-state index in [-0.39, 0.29) is 12.5 Å². The number of thiophene rings is 1. The van der Waals surface area contributed by atoms with E-state index in [1.165, 1.54) is 11.3 Å². The molecule has 0 unspecified atom stereocenters. The Morgan fingerprint density at radius 1 is 1.39 bits per heavy atom. The first kappa shape index (κ1) is 12.5. The van der Waals surface area contributed by atoms with E-state index in [1.54, 1.807) is 0 Å². The first-order chi connectivity index (χ1) is 8.65. The van der Waals surface area contributed by atoms with Crippen molar-refractivity contribution in [2.75, 3.05) is 6.54 Å². The van der Waals surface area contributed by atoms with E-state index < -0.39 is 0 Å². The Kier molecular flexibility index (Phi) is 3.54. The van der Waals surface area contributed by atoms with E-state index >= 15 is 0 Å². The average molecular weight is 258 g/mol. The number of nitrogens with zero attached hydrogens (tertiary/aromatic N) is 1. The molecule has 0 aliphatic heterocycles. The lowest BCUT2D eigenvalue weighted by molar-refractivity contribution is 0.0963. The van der Waals surface area contributed by atoms with Crippen LogP contribution in [0.25, 0.3) is 5.69 Å². The van der Waals surface area contributed by atoms with Gasteiger partial charge in [0.1, 0.15) is 4.88 Å². The second-order valence-corrected chi connectivity index (χ2v) is 4.89. The molecule has 18 heavy (non-hydrogen) atoms. The molecule has 92 valence electrons. The molecule has 1 amide bonds. The van der Waals surface area contributed by atoms with Gasteiger partial charge in [-0.1, -0.05) is 5.92 Å². The summed E-state index contributed by atoms with van der Waals surface area (Å²) in [6.45, 7) is 4.29. The average Bonchev–Trinajstić information content (AvgIpc) is 2.93. The summed E-state index contributed by atoms with van der Waals surface area (Å²) in [5, 5.41) is 4.61. The molecule has 0 saturated heterocycles. The molecule has 2 heterocycles. The van der Waals surface area contributed by atoms with Gasteiger partial charge in [-0.25, -0.2) is 0 Å². The highest BCUT2D eigenvalue weighted by atomic mass is 32.1. The fourth-order valence-corrected chi connectivity index (χ4v) is 2.70. The van der Waals surface area contributed by atoms with Crippen LogP contribution in [0.2, 0.25) is 0 Å². The number of nitrogens with one attached hydrogen (secondary N) is 1. The van der Waals surface area contributed by atoms with Crippen molar-refractivity contribution in [3.8, 4) is 18.0 Å². The summed E-state index contributed by atoms with van der Waals surface area (Å²) < 4.78 is 2.07. The molecule has 2 aromatic rings. The van der Waals surface area contributed by atoms with E-state index in [1.807, 2.05) is 37.4 Å². The van der Waals surface area contributed by atoms with E-state index in [0.717, 1.165) is 17.1 Å². The lowest BCUT2D eigenvalue weighted by Gasteiger charge is -2.10. The highest BCUT2D eigenvalue weighted by molar-refractivity contribution is 7.12. The van der Waals surface area contributed by atoms with Gasteiger partial charge < -0.3 is 9.88 Å². The zero-order valence-corrected chi connectivity index (χ0v) is 11.2. The molecule has 0 radical (unpaired) electrons. The summed E-state index contributed by atoms with van der Waals surface area (Å²) in [6.07, 6.45) is 5.14. The van der Waals surface area contributed by atoms with Gasteiger partial charge in [-0.15, -0.1) is 17.8 Å². The monoisotopic (exact) mass is 258 g/mol. The predicted molar refractivity (Wildman–Crippen MR) is 74.3 cm³/mol. The van der Waals surface area contributed by atoms with Gasteiger partial charge in [-0.2, -0.15) is 0 Å². The second-order valence-electron chi connectivity index (χ2n) is 3.97. The largest absolute Gasteiger partial charge is 0.340 e. The number of aromatic nitrogens is 1. The highest BCUT2D eigenvalue weighted by Gasteiger charge is 2.15. The van der Waals surface area contributed by atoms with Crippen molar-refractivity contribution < 1.29 is 4.79 Å². The summed E-state index contributed by atoms with van der Waals surface area (Å²) in [5.74, 6) is 2.28. The van der Waals surface area contributed by atoms with Gasteiger partial charge in [0, 0.05) is 11.4 Å².